The zero-order valence-electron chi connectivity index (χ0n) is 9.21. The Bertz CT molecular complexity index is 278. The monoisotopic (exact) mass is 227 g/mol. The molecule has 0 aliphatic heterocycles. The summed E-state index contributed by atoms with van der Waals surface area (Å²) >= 11 is 5.77. The number of ether oxygens (including phenoxy) is 1. The van der Waals surface area contributed by atoms with Crippen LogP contribution in [0.1, 0.15) is 38.2 Å². The second-order valence-corrected chi connectivity index (χ2v) is 3.79. The van der Waals surface area contributed by atoms with E-state index in [0.29, 0.717) is 5.88 Å². The van der Waals surface area contributed by atoms with Crippen molar-refractivity contribution in [2.75, 3.05) is 6.61 Å². The molecule has 0 fully saturated rings. The highest BCUT2D eigenvalue weighted by Crippen LogP contribution is 2.18. The molecule has 0 unspecified atom stereocenters. The largest absolute Gasteiger partial charge is 0.493 e. The highest BCUT2D eigenvalue weighted by Gasteiger charge is 2.01. The highest BCUT2D eigenvalue weighted by atomic mass is 35.5. The second kappa shape index (κ2) is 7.52. The predicted molar refractivity (Wildman–Crippen MR) is 63.4 cm³/mol. The molecule has 1 heterocycles. The first-order valence-electron chi connectivity index (χ1n) is 5.50. The Morgan fingerprint density at radius 2 is 2.20 bits per heavy atom. The Kier molecular flexibility index (Phi) is 6.17. The summed E-state index contributed by atoms with van der Waals surface area (Å²) in [5.41, 5.74) is 0.967. The molecule has 1 aromatic rings. The van der Waals surface area contributed by atoms with Crippen molar-refractivity contribution in [3.8, 4) is 5.75 Å². The van der Waals surface area contributed by atoms with Gasteiger partial charge in [-0.05, 0) is 12.5 Å². The van der Waals surface area contributed by atoms with Crippen LogP contribution < -0.4 is 4.74 Å². The number of halogens is 1. The first kappa shape index (κ1) is 12.3. The van der Waals surface area contributed by atoms with E-state index < -0.39 is 0 Å². The summed E-state index contributed by atoms with van der Waals surface area (Å²) in [6, 6.07) is 1.87. The molecule has 0 aliphatic carbocycles. The van der Waals surface area contributed by atoms with Crippen LogP contribution >= 0.6 is 11.6 Å². The normalized spacial score (nSPS) is 10.3. The molecule has 0 saturated heterocycles. The molecule has 0 aromatic carbocycles. The third kappa shape index (κ3) is 4.52. The molecule has 0 aliphatic rings. The summed E-state index contributed by atoms with van der Waals surface area (Å²) in [6.45, 7) is 2.98. The van der Waals surface area contributed by atoms with Gasteiger partial charge in [-0.15, -0.1) is 11.6 Å². The number of hydrogen-bond acceptors (Lipinski definition) is 2. The van der Waals surface area contributed by atoms with Crippen LogP contribution in [0.2, 0.25) is 0 Å². The van der Waals surface area contributed by atoms with Crippen molar-refractivity contribution in [2.45, 2.75) is 38.5 Å². The molecule has 0 saturated carbocycles. The summed E-state index contributed by atoms with van der Waals surface area (Å²) in [7, 11) is 0. The van der Waals surface area contributed by atoms with Crippen molar-refractivity contribution in [3.63, 3.8) is 0 Å². The maximum Gasteiger partial charge on any atom is 0.126 e. The summed E-state index contributed by atoms with van der Waals surface area (Å²) < 4.78 is 5.65. The summed E-state index contributed by atoms with van der Waals surface area (Å²) in [5.74, 6) is 1.33. The molecule has 0 spiro atoms. The van der Waals surface area contributed by atoms with E-state index >= 15 is 0 Å². The minimum Gasteiger partial charge on any atom is -0.493 e. The number of rotatable bonds is 7. The van der Waals surface area contributed by atoms with Crippen molar-refractivity contribution in [1.29, 1.82) is 0 Å². The molecular weight excluding hydrogens is 210 g/mol. The van der Waals surface area contributed by atoms with Gasteiger partial charge in [-0.1, -0.05) is 26.2 Å². The van der Waals surface area contributed by atoms with E-state index in [1.165, 1.54) is 19.3 Å². The fourth-order valence-corrected chi connectivity index (χ4v) is 1.57. The van der Waals surface area contributed by atoms with E-state index in [0.717, 1.165) is 24.3 Å². The first-order valence-corrected chi connectivity index (χ1v) is 6.03. The van der Waals surface area contributed by atoms with Crippen LogP contribution in [-0.2, 0) is 5.88 Å². The zero-order valence-corrected chi connectivity index (χ0v) is 9.96. The van der Waals surface area contributed by atoms with Crippen LogP contribution in [0.25, 0.3) is 0 Å². The van der Waals surface area contributed by atoms with E-state index in [4.69, 9.17) is 16.3 Å². The van der Waals surface area contributed by atoms with E-state index in [2.05, 4.69) is 11.9 Å². The second-order valence-electron chi connectivity index (χ2n) is 3.53. The zero-order chi connectivity index (χ0) is 10.9. The van der Waals surface area contributed by atoms with E-state index in [1.54, 1.807) is 12.4 Å². The first-order chi connectivity index (χ1) is 7.38. The van der Waals surface area contributed by atoms with E-state index in [1.807, 2.05) is 6.07 Å². The van der Waals surface area contributed by atoms with Gasteiger partial charge in [-0.3, -0.25) is 4.98 Å². The molecule has 2 nitrogen and oxygen atoms in total. The van der Waals surface area contributed by atoms with Crippen molar-refractivity contribution in [2.24, 2.45) is 0 Å². The molecule has 0 bridgehead atoms. The van der Waals surface area contributed by atoms with Gasteiger partial charge in [0, 0.05) is 18.0 Å². The van der Waals surface area contributed by atoms with Gasteiger partial charge in [-0.2, -0.15) is 0 Å². The Morgan fingerprint density at radius 3 is 2.93 bits per heavy atom. The van der Waals surface area contributed by atoms with Gasteiger partial charge in [0.2, 0.25) is 0 Å². The van der Waals surface area contributed by atoms with Gasteiger partial charge in [0.1, 0.15) is 5.75 Å². The summed E-state index contributed by atoms with van der Waals surface area (Å²) in [4.78, 5) is 4.01. The quantitative estimate of drug-likeness (QED) is 0.523. The molecule has 0 amide bonds. The lowest BCUT2D eigenvalue weighted by molar-refractivity contribution is 0.302. The Balaban J connectivity index is 2.30. The minimum absolute atomic E-state index is 0.456. The van der Waals surface area contributed by atoms with Crippen LogP contribution in [0.5, 0.6) is 5.75 Å². The average Bonchev–Trinajstić information content (AvgIpc) is 2.29. The summed E-state index contributed by atoms with van der Waals surface area (Å²) in [6.07, 6.45) is 8.37. The van der Waals surface area contributed by atoms with Crippen molar-refractivity contribution >= 4 is 11.6 Å². The standard InChI is InChI=1S/C12H18ClNO/c1-2-3-4-5-8-15-12-6-7-14-10-11(12)9-13/h6-7,10H,2-5,8-9H2,1H3. The molecule has 3 heteroatoms. The van der Waals surface area contributed by atoms with Gasteiger partial charge in [0.25, 0.3) is 0 Å². The van der Waals surface area contributed by atoms with Crippen molar-refractivity contribution in [3.05, 3.63) is 24.0 Å². The van der Waals surface area contributed by atoms with E-state index in [-0.39, 0.29) is 0 Å². The molecule has 0 radical (unpaired) electrons. The highest BCUT2D eigenvalue weighted by molar-refractivity contribution is 6.17. The van der Waals surface area contributed by atoms with Crippen LogP contribution in [0.15, 0.2) is 18.5 Å². The molecule has 1 rings (SSSR count). The summed E-state index contributed by atoms with van der Waals surface area (Å²) in [5, 5.41) is 0. The molecule has 1 aromatic heterocycles. The van der Waals surface area contributed by atoms with Crippen LogP contribution in [0.4, 0.5) is 0 Å². The van der Waals surface area contributed by atoms with Crippen molar-refractivity contribution in [1.82, 2.24) is 4.98 Å². The van der Waals surface area contributed by atoms with Gasteiger partial charge in [0.15, 0.2) is 0 Å². The fraction of sp³-hybridized carbons (Fsp3) is 0.583. The topological polar surface area (TPSA) is 22.1 Å². The lowest BCUT2D eigenvalue weighted by Gasteiger charge is -2.08. The molecule has 15 heavy (non-hydrogen) atoms. The molecule has 0 N–H and O–H groups in total. The van der Waals surface area contributed by atoms with Gasteiger partial charge >= 0.3 is 0 Å². The fourth-order valence-electron chi connectivity index (χ4n) is 1.37. The molecule has 84 valence electrons. The van der Waals surface area contributed by atoms with Crippen LogP contribution in [0.3, 0.4) is 0 Å². The van der Waals surface area contributed by atoms with Gasteiger partial charge < -0.3 is 4.74 Å². The maximum atomic E-state index is 5.77. The van der Waals surface area contributed by atoms with Gasteiger partial charge in [0.05, 0.1) is 12.5 Å². The molecule has 0 atom stereocenters. The Hall–Kier alpha value is -0.760. The maximum absolute atomic E-state index is 5.77. The Labute approximate surface area is 96.6 Å². The number of pyridine rings is 1. The number of alkyl halides is 1. The molecular formula is C12H18ClNO. The minimum atomic E-state index is 0.456. The smallest absolute Gasteiger partial charge is 0.126 e. The predicted octanol–water partition coefficient (Wildman–Crippen LogP) is 3.78. The Morgan fingerprint density at radius 1 is 1.33 bits per heavy atom. The van der Waals surface area contributed by atoms with E-state index in [9.17, 15) is 0 Å². The lowest BCUT2D eigenvalue weighted by Crippen LogP contribution is -1.99. The lowest BCUT2D eigenvalue weighted by atomic mass is 10.2. The third-order valence-electron chi connectivity index (χ3n) is 2.26. The SMILES string of the molecule is CCCCCCOc1ccncc1CCl. The van der Waals surface area contributed by atoms with Gasteiger partial charge in [-0.25, -0.2) is 0 Å². The average molecular weight is 228 g/mol. The van der Waals surface area contributed by atoms with Crippen LogP contribution in [0, 0.1) is 0 Å². The van der Waals surface area contributed by atoms with Crippen molar-refractivity contribution < 1.29 is 4.74 Å². The number of unbranched alkanes of at least 4 members (excludes halogenated alkanes) is 3. The number of nitrogens with zero attached hydrogens (tertiary/aromatic N) is 1. The number of hydrogen-bond donors (Lipinski definition) is 0. The number of aromatic nitrogens is 1. The third-order valence-corrected chi connectivity index (χ3v) is 2.55. The van der Waals surface area contributed by atoms with Crippen LogP contribution in [-0.4, -0.2) is 11.6 Å².